The highest BCUT2D eigenvalue weighted by atomic mass is 32.2. The molecule has 144 valence electrons. The molecule has 3 aromatic rings. The van der Waals surface area contributed by atoms with Gasteiger partial charge in [0.05, 0.1) is 22.2 Å². The van der Waals surface area contributed by atoms with Crippen LogP contribution in [0.15, 0.2) is 34.0 Å². The Morgan fingerprint density at radius 3 is 2.41 bits per heavy atom. The largest absolute Gasteiger partial charge is 0.417 e. The molecule has 2 heterocycles. The lowest BCUT2D eigenvalue weighted by Crippen LogP contribution is -2.37. The molecule has 3 rings (SSSR count). The first-order chi connectivity index (χ1) is 12.4. The summed E-state index contributed by atoms with van der Waals surface area (Å²) in [7, 11) is -2.29. The number of H-pyrrole nitrogens is 1. The van der Waals surface area contributed by atoms with Crippen molar-refractivity contribution in [3.05, 3.63) is 50.8 Å². The van der Waals surface area contributed by atoms with E-state index in [1.165, 1.54) is 24.0 Å². The molecule has 0 fully saturated rings. The maximum absolute atomic E-state index is 13.5. The third kappa shape index (κ3) is 3.52. The molecule has 0 amide bonds. The smallest absolute Gasteiger partial charge is 0.307 e. The van der Waals surface area contributed by atoms with Crippen molar-refractivity contribution in [3.63, 3.8) is 0 Å². The predicted molar refractivity (Wildman–Crippen MR) is 90.9 cm³/mol. The standard InChI is InChI=1S/C15H13F3N4O4S/c1-21-12(3-4-19-21)8-5-9-11(6-10(8)15(16,17)18)20-14(24)22(13(9)23)7-27(2,25)26/h3-6H,7H2,1-2H3,(H,20,24). The molecule has 0 saturated heterocycles. The average Bonchev–Trinajstić information content (AvgIpc) is 2.94. The molecule has 0 unspecified atom stereocenters. The Morgan fingerprint density at radius 1 is 1.22 bits per heavy atom. The van der Waals surface area contributed by atoms with Gasteiger partial charge in [-0.2, -0.15) is 18.3 Å². The molecule has 12 heteroatoms. The van der Waals surface area contributed by atoms with Gasteiger partial charge in [-0.25, -0.2) is 17.8 Å². The van der Waals surface area contributed by atoms with Gasteiger partial charge in [-0.3, -0.25) is 9.48 Å². The monoisotopic (exact) mass is 402 g/mol. The fourth-order valence-electron chi connectivity index (χ4n) is 2.74. The number of sulfone groups is 1. The molecule has 0 bridgehead atoms. The highest BCUT2D eigenvalue weighted by Gasteiger charge is 2.35. The minimum Gasteiger partial charge on any atom is -0.307 e. The first kappa shape index (κ1) is 18.9. The summed E-state index contributed by atoms with van der Waals surface area (Å²) in [6.07, 6.45) is -2.63. The van der Waals surface area contributed by atoms with Gasteiger partial charge in [0.25, 0.3) is 5.56 Å². The highest BCUT2D eigenvalue weighted by Crippen LogP contribution is 2.38. The summed E-state index contributed by atoms with van der Waals surface area (Å²) in [5, 5.41) is 3.58. The third-order valence-electron chi connectivity index (χ3n) is 3.89. The molecule has 0 atom stereocenters. The van der Waals surface area contributed by atoms with Crippen LogP contribution in [-0.2, 0) is 28.9 Å². The number of aromatic nitrogens is 4. The van der Waals surface area contributed by atoms with Gasteiger partial charge >= 0.3 is 11.9 Å². The molecule has 0 spiro atoms. The molecule has 0 aliphatic heterocycles. The van der Waals surface area contributed by atoms with Crippen molar-refractivity contribution in [2.45, 2.75) is 12.1 Å². The second-order valence-corrected chi connectivity index (χ2v) is 8.11. The quantitative estimate of drug-likeness (QED) is 0.706. The number of rotatable bonds is 3. The Labute approximate surface area is 149 Å². The number of halogens is 3. The Hall–Kier alpha value is -2.89. The number of nitrogens with zero attached hydrogens (tertiary/aromatic N) is 3. The molecular weight excluding hydrogens is 389 g/mol. The van der Waals surface area contributed by atoms with Crippen LogP contribution in [0.2, 0.25) is 0 Å². The summed E-state index contributed by atoms with van der Waals surface area (Å²) in [6, 6.07) is 2.98. The molecule has 0 saturated carbocycles. The molecule has 27 heavy (non-hydrogen) atoms. The van der Waals surface area contributed by atoms with Gasteiger partial charge in [-0.15, -0.1) is 0 Å². The SMILES string of the molecule is Cn1nccc1-c1cc2c(=O)n(CS(C)(=O)=O)c(=O)[nH]c2cc1C(F)(F)F. The van der Waals surface area contributed by atoms with Crippen molar-refractivity contribution in [3.8, 4) is 11.3 Å². The van der Waals surface area contributed by atoms with Crippen LogP contribution in [0.1, 0.15) is 5.56 Å². The van der Waals surface area contributed by atoms with E-state index in [-0.39, 0.29) is 22.2 Å². The first-order valence-corrected chi connectivity index (χ1v) is 9.49. The summed E-state index contributed by atoms with van der Waals surface area (Å²) >= 11 is 0. The van der Waals surface area contributed by atoms with Gasteiger partial charge in [0.1, 0.15) is 5.88 Å². The highest BCUT2D eigenvalue weighted by molar-refractivity contribution is 7.89. The maximum Gasteiger partial charge on any atom is 0.417 e. The lowest BCUT2D eigenvalue weighted by atomic mass is 10.0. The van der Waals surface area contributed by atoms with E-state index in [9.17, 15) is 31.2 Å². The minimum atomic E-state index is -4.76. The van der Waals surface area contributed by atoms with E-state index in [1.807, 2.05) is 0 Å². The molecule has 8 nitrogen and oxygen atoms in total. The Balaban J connectivity index is 2.43. The molecule has 0 aliphatic carbocycles. The normalized spacial score (nSPS) is 12.6. The molecular formula is C15H13F3N4O4S. The molecule has 0 aliphatic rings. The lowest BCUT2D eigenvalue weighted by Gasteiger charge is -2.15. The zero-order chi connectivity index (χ0) is 20.1. The van der Waals surface area contributed by atoms with E-state index in [0.717, 1.165) is 12.3 Å². The summed E-state index contributed by atoms with van der Waals surface area (Å²) in [5.74, 6) is -0.890. The van der Waals surface area contributed by atoms with Crippen LogP contribution in [0.5, 0.6) is 0 Å². The van der Waals surface area contributed by atoms with Gasteiger partial charge in [-0.05, 0) is 18.2 Å². The van der Waals surface area contributed by atoms with Gasteiger partial charge < -0.3 is 4.98 Å². The zero-order valence-electron chi connectivity index (χ0n) is 14.0. The Kier molecular flexibility index (Phi) is 4.25. The lowest BCUT2D eigenvalue weighted by molar-refractivity contribution is -0.137. The number of hydrogen-bond donors (Lipinski definition) is 1. The van der Waals surface area contributed by atoms with E-state index in [4.69, 9.17) is 0 Å². The van der Waals surface area contributed by atoms with Crippen molar-refractivity contribution >= 4 is 20.7 Å². The summed E-state index contributed by atoms with van der Waals surface area (Å²) < 4.78 is 65.1. The first-order valence-electron chi connectivity index (χ1n) is 7.42. The predicted octanol–water partition coefficient (Wildman–Crippen LogP) is 1.11. The average molecular weight is 402 g/mol. The van der Waals surface area contributed by atoms with Gasteiger partial charge in [0.15, 0.2) is 9.84 Å². The van der Waals surface area contributed by atoms with Crippen molar-refractivity contribution in [1.29, 1.82) is 0 Å². The number of aryl methyl sites for hydroxylation is 1. The number of benzene rings is 1. The van der Waals surface area contributed by atoms with Gasteiger partial charge in [-0.1, -0.05) is 0 Å². The van der Waals surface area contributed by atoms with Crippen LogP contribution in [0.25, 0.3) is 22.2 Å². The molecule has 1 N–H and O–H groups in total. The number of hydrogen-bond acceptors (Lipinski definition) is 5. The number of fused-ring (bicyclic) bond motifs is 1. The minimum absolute atomic E-state index is 0.101. The van der Waals surface area contributed by atoms with E-state index >= 15 is 0 Å². The van der Waals surface area contributed by atoms with Crippen LogP contribution in [0.4, 0.5) is 13.2 Å². The second kappa shape index (κ2) is 6.08. The van der Waals surface area contributed by atoms with Crippen molar-refractivity contribution in [2.75, 3.05) is 6.26 Å². The van der Waals surface area contributed by atoms with Crippen molar-refractivity contribution < 1.29 is 21.6 Å². The van der Waals surface area contributed by atoms with Crippen LogP contribution in [0, 0.1) is 0 Å². The van der Waals surface area contributed by atoms with E-state index in [2.05, 4.69) is 10.1 Å². The topological polar surface area (TPSA) is 107 Å². The molecule has 0 radical (unpaired) electrons. The number of nitrogens with one attached hydrogen (secondary N) is 1. The maximum atomic E-state index is 13.5. The fraction of sp³-hybridized carbons (Fsp3) is 0.267. The summed E-state index contributed by atoms with van der Waals surface area (Å²) in [5.41, 5.74) is -3.73. The molecule has 2 aromatic heterocycles. The van der Waals surface area contributed by atoms with Crippen molar-refractivity contribution in [2.24, 2.45) is 7.05 Å². The Morgan fingerprint density at radius 2 is 1.89 bits per heavy atom. The van der Waals surface area contributed by atoms with E-state index < -0.39 is 38.7 Å². The Bertz CT molecular complexity index is 1270. The fourth-order valence-corrected chi connectivity index (χ4v) is 3.44. The van der Waals surface area contributed by atoms with Crippen LogP contribution >= 0.6 is 0 Å². The van der Waals surface area contributed by atoms with Gasteiger partial charge in [0.2, 0.25) is 0 Å². The second-order valence-electron chi connectivity index (χ2n) is 6.00. The number of aromatic amines is 1. The van der Waals surface area contributed by atoms with Crippen molar-refractivity contribution in [1.82, 2.24) is 19.3 Å². The third-order valence-corrected chi connectivity index (χ3v) is 4.61. The van der Waals surface area contributed by atoms with Crippen LogP contribution in [0.3, 0.4) is 0 Å². The van der Waals surface area contributed by atoms with E-state index in [1.54, 1.807) is 0 Å². The van der Waals surface area contributed by atoms with Gasteiger partial charge in [0, 0.05) is 25.1 Å². The summed E-state index contributed by atoms with van der Waals surface area (Å²) in [6.45, 7) is 0. The van der Waals surface area contributed by atoms with E-state index in [0.29, 0.717) is 10.6 Å². The summed E-state index contributed by atoms with van der Waals surface area (Å²) in [4.78, 5) is 26.7. The molecule has 1 aromatic carbocycles. The number of alkyl halides is 3. The van der Waals surface area contributed by atoms with Crippen LogP contribution < -0.4 is 11.2 Å². The zero-order valence-corrected chi connectivity index (χ0v) is 14.8. The van der Waals surface area contributed by atoms with Crippen LogP contribution in [-0.4, -0.2) is 34.0 Å².